The molecule has 0 aliphatic heterocycles. The van der Waals surface area contributed by atoms with Crippen molar-refractivity contribution in [1.29, 1.82) is 0 Å². The molecule has 3 aromatic carbocycles. The van der Waals surface area contributed by atoms with Gasteiger partial charge in [0.2, 0.25) is 0 Å². The van der Waals surface area contributed by atoms with Crippen LogP contribution in [0.25, 0.3) is 0 Å². The number of carbonyl (C=O) groups is 2. The van der Waals surface area contributed by atoms with Crippen LogP contribution in [0.2, 0.25) is 0 Å². The highest BCUT2D eigenvalue weighted by Gasteiger charge is 2.30. The zero-order valence-corrected chi connectivity index (χ0v) is 17.6. The predicted molar refractivity (Wildman–Crippen MR) is 116 cm³/mol. The molecule has 0 spiro atoms. The number of anilines is 1. The van der Waals surface area contributed by atoms with E-state index >= 15 is 0 Å². The number of hydrogen-bond donors (Lipinski definition) is 2. The molecule has 0 unspecified atom stereocenters. The quantitative estimate of drug-likeness (QED) is 0.515. The van der Waals surface area contributed by atoms with Crippen LogP contribution in [0, 0.1) is 0 Å². The second kappa shape index (κ2) is 10.5. The van der Waals surface area contributed by atoms with Crippen LogP contribution in [0.15, 0.2) is 72.8 Å². The minimum absolute atomic E-state index is 0.0143. The standard InChI is InChI=1S/C24H21F3N2O4/c1-32-21-8-3-2-5-17(21)14-28-23(31)16-9-11-20(12-10-16)33-15-22(30)29-19-7-4-6-18(13-19)24(25,26)27/h2-13H,14-15H2,1H3,(H,28,31)(H,29,30). The number of ether oxygens (including phenoxy) is 2. The van der Waals surface area contributed by atoms with E-state index in [0.29, 0.717) is 17.1 Å². The van der Waals surface area contributed by atoms with Gasteiger partial charge in [-0.15, -0.1) is 0 Å². The lowest BCUT2D eigenvalue weighted by Crippen LogP contribution is -2.23. The zero-order valence-electron chi connectivity index (χ0n) is 17.6. The third kappa shape index (κ3) is 6.73. The molecule has 0 radical (unpaired) electrons. The van der Waals surface area contributed by atoms with Crippen molar-refractivity contribution < 1.29 is 32.2 Å². The summed E-state index contributed by atoms with van der Waals surface area (Å²) in [5.41, 5.74) is 0.382. The summed E-state index contributed by atoms with van der Waals surface area (Å²) in [6.45, 7) is -0.119. The Balaban J connectivity index is 1.50. The SMILES string of the molecule is COc1ccccc1CNC(=O)c1ccc(OCC(=O)Nc2cccc(C(F)(F)F)c2)cc1. The number of amides is 2. The van der Waals surface area contributed by atoms with E-state index in [-0.39, 0.29) is 18.1 Å². The van der Waals surface area contributed by atoms with Crippen molar-refractivity contribution in [2.24, 2.45) is 0 Å². The molecule has 2 amide bonds. The van der Waals surface area contributed by atoms with Crippen molar-refractivity contribution in [3.63, 3.8) is 0 Å². The molecule has 0 saturated carbocycles. The molecule has 0 fully saturated rings. The van der Waals surface area contributed by atoms with Gasteiger partial charge in [0, 0.05) is 23.4 Å². The number of rotatable bonds is 8. The Labute approximate surface area is 188 Å². The maximum absolute atomic E-state index is 12.8. The molecule has 0 saturated heterocycles. The lowest BCUT2D eigenvalue weighted by atomic mass is 10.1. The highest BCUT2D eigenvalue weighted by molar-refractivity contribution is 5.94. The number of nitrogens with one attached hydrogen (secondary N) is 2. The summed E-state index contributed by atoms with van der Waals surface area (Å²) >= 11 is 0. The fourth-order valence-electron chi connectivity index (χ4n) is 2.95. The molecule has 2 N–H and O–H groups in total. The fourth-order valence-corrected chi connectivity index (χ4v) is 2.95. The Morgan fingerprint density at radius 2 is 1.67 bits per heavy atom. The van der Waals surface area contributed by atoms with Crippen LogP contribution in [-0.2, 0) is 17.5 Å². The van der Waals surface area contributed by atoms with Gasteiger partial charge >= 0.3 is 6.18 Å². The second-order valence-electron chi connectivity index (χ2n) is 6.93. The van der Waals surface area contributed by atoms with E-state index < -0.39 is 24.3 Å². The van der Waals surface area contributed by atoms with Gasteiger partial charge in [0.25, 0.3) is 11.8 Å². The minimum Gasteiger partial charge on any atom is -0.496 e. The molecule has 0 aliphatic rings. The molecule has 33 heavy (non-hydrogen) atoms. The molecule has 0 aliphatic carbocycles. The van der Waals surface area contributed by atoms with Crippen LogP contribution in [0.4, 0.5) is 18.9 Å². The van der Waals surface area contributed by atoms with Gasteiger partial charge < -0.3 is 20.1 Å². The average Bonchev–Trinajstić information content (AvgIpc) is 2.81. The third-order valence-corrected chi connectivity index (χ3v) is 4.59. The lowest BCUT2D eigenvalue weighted by molar-refractivity contribution is -0.137. The maximum atomic E-state index is 12.8. The van der Waals surface area contributed by atoms with Crippen molar-refractivity contribution in [1.82, 2.24) is 5.32 Å². The summed E-state index contributed by atoms with van der Waals surface area (Å²) in [6, 6.07) is 17.8. The number of halogens is 3. The van der Waals surface area contributed by atoms with E-state index in [9.17, 15) is 22.8 Å². The maximum Gasteiger partial charge on any atom is 0.416 e. The largest absolute Gasteiger partial charge is 0.496 e. The average molecular weight is 458 g/mol. The summed E-state index contributed by atoms with van der Waals surface area (Å²) in [5, 5.41) is 5.16. The summed E-state index contributed by atoms with van der Waals surface area (Å²) in [6.07, 6.45) is -4.50. The highest BCUT2D eigenvalue weighted by atomic mass is 19.4. The van der Waals surface area contributed by atoms with Gasteiger partial charge in [-0.05, 0) is 48.5 Å². The first-order chi connectivity index (χ1) is 15.8. The minimum atomic E-state index is -4.50. The van der Waals surface area contributed by atoms with Crippen LogP contribution in [0.3, 0.4) is 0 Å². The molecule has 9 heteroatoms. The van der Waals surface area contributed by atoms with E-state index in [2.05, 4.69) is 10.6 Å². The second-order valence-corrected chi connectivity index (χ2v) is 6.93. The van der Waals surface area contributed by atoms with Gasteiger partial charge in [0.1, 0.15) is 11.5 Å². The molecule has 0 bridgehead atoms. The number of methoxy groups -OCH3 is 1. The van der Waals surface area contributed by atoms with Crippen molar-refractivity contribution in [3.8, 4) is 11.5 Å². The van der Waals surface area contributed by atoms with Crippen molar-refractivity contribution in [2.45, 2.75) is 12.7 Å². The Morgan fingerprint density at radius 3 is 2.36 bits per heavy atom. The smallest absolute Gasteiger partial charge is 0.416 e. The molecule has 3 aromatic rings. The number of para-hydroxylation sites is 1. The Hall–Kier alpha value is -4.01. The van der Waals surface area contributed by atoms with E-state index in [1.165, 1.54) is 36.4 Å². The van der Waals surface area contributed by atoms with Crippen LogP contribution in [0.5, 0.6) is 11.5 Å². The van der Waals surface area contributed by atoms with Crippen LogP contribution in [0.1, 0.15) is 21.5 Å². The first-order valence-corrected chi connectivity index (χ1v) is 9.86. The van der Waals surface area contributed by atoms with E-state index in [1.54, 1.807) is 13.2 Å². The molecule has 0 heterocycles. The number of carbonyl (C=O) groups excluding carboxylic acids is 2. The van der Waals surface area contributed by atoms with Crippen molar-refractivity contribution >= 4 is 17.5 Å². The predicted octanol–water partition coefficient (Wildman–Crippen LogP) is 4.66. The molecule has 6 nitrogen and oxygen atoms in total. The van der Waals surface area contributed by atoms with Gasteiger partial charge in [0.15, 0.2) is 6.61 Å². The Kier molecular flexibility index (Phi) is 7.55. The topological polar surface area (TPSA) is 76.7 Å². The number of hydrogen-bond acceptors (Lipinski definition) is 4. The van der Waals surface area contributed by atoms with Crippen molar-refractivity contribution in [3.05, 3.63) is 89.5 Å². The first-order valence-electron chi connectivity index (χ1n) is 9.86. The Morgan fingerprint density at radius 1 is 0.939 bits per heavy atom. The molecule has 172 valence electrons. The first kappa shape index (κ1) is 23.6. The van der Waals surface area contributed by atoms with Gasteiger partial charge in [-0.3, -0.25) is 9.59 Å². The van der Waals surface area contributed by atoms with Crippen molar-refractivity contribution in [2.75, 3.05) is 19.0 Å². The molecule has 0 aromatic heterocycles. The fraction of sp³-hybridized carbons (Fsp3) is 0.167. The number of benzene rings is 3. The normalized spacial score (nSPS) is 10.9. The molecular weight excluding hydrogens is 437 g/mol. The van der Waals surface area contributed by atoms with Crippen LogP contribution in [-0.4, -0.2) is 25.5 Å². The summed E-state index contributed by atoms with van der Waals surface area (Å²) in [7, 11) is 1.55. The van der Waals surface area contributed by atoms with Gasteiger partial charge in [0.05, 0.1) is 12.7 Å². The van der Waals surface area contributed by atoms with E-state index in [0.717, 1.165) is 17.7 Å². The third-order valence-electron chi connectivity index (χ3n) is 4.59. The highest BCUT2D eigenvalue weighted by Crippen LogP contribution is 2.30. The molecule has 3 rings (SSSR count). The van der Waals surface area contributed by atoms with Gasteiger partial charge in [-0.1, -0.05) is 24.3 Å². The van der Waals surface area contributed by atoms with Gasteiger partial charge in [-0.2, -0.15) is 13.2 Å². The van der Waals surface area contributed by atoms with Gasteiger partial charge in [-0.25, -0.2) is 0 Å². The summed E-state index contributed by atoms with van der Waals surface area (Å²) in [4.78, 5) is 24.4. The van der Waals surface area contributed by atoms with Crippen LogP contribution < -0.4 is 20.1 Å². The van der Waals surface area contributed by atoms with E-state index in [4.69, 9.17) is 9.47 Å². The van der Waals surface area contributed by atoms with Crippen LogP contribution >= 0.6 is 0 Å². The molecular formula is C24H21F3N2O4. The number of alkyl halides is 3. The summed E-state index contributed by atoms with van der Waals surface area (Å²) < 4.78 is 48.9. The van der Waals surface area contributed by atoms with E-state index in [1.807, 2.05) is 18.2 Å². The zero-order chi connectivity index (χ0) is 23.8. The molecule has 0 atom stereocenters. The Bertz CT molecular complexity index is 1120. The monoisotopic (exact) mass is 458 g/mol. The lowest BCUT2D eigenvalue weighted by Gasteiger charge is -2.11. The summed E-state index contributed by atoms with van der Waals surface area (Å²) in [5.74, 6) is 0.0862.